The Bertz CT molecular complexity index is 681. The number of rotatable bonds is 6. The number of isothiocyanates is 1. The van der Waals surface area contributed by atoms with Crippen molar-refractivity contribution in [3.8, 4) is 0 Å². The van der Waals surface area contributed by atoms with E-state index in [2.05, 4.69) is 24.0 Å². The van der Waals surface area contributed by atoms with E-state index in [1.807, 2.05) is 42.5 Å². The first kappa shape index (κ1) is 16.1. The number of hydrogen-bond donors (Lipinski definition) is 0. The van der Waals surface area contributed by atoms with Gasteiger partial charge in [0.15, 0.2) is 0 Å². The summed E-state index contributed by atoms with van der Waals surface area (Å²) in [7, 11) is 0. The van der Waals surface area contributed by atoms with Crippen LogP contribution in [0.2, 0.25) is 0 Å². The maximum atomic E-state index is 11.6. The molecular weight excluding hydrogens is 292 g/mol. The van der Waals surface area contributed by atoms with Gasteiger partial charge >= 0.3 is 0 Å². The molecule has 2 rings (SSSR count). The molecule has 0 fully saturated rings. The monoisotopic (exact) mass is 310 g/mol. The lowest BCUT2D eigenvalue weighted by atomic mass is 10.0. The molecule has 0 radical (unpaired) electrons. The highest BCUT2D eigenvalue weighted by Gasteiger charge is 2.13. The maximum Gasteiger partial charge on any atom is 0.218 e. The lowest BCUT2D eigenvalue weighted by molar-refractivity contribution is -0.106. The Balaban J connectivity index is 2.60. The number of carbonyl (C=O) groups excluding carboxylic acids is 1. The summed E-state index contributed by atoms with van der Waals surface area (Å²) in [5.41, 5.74) is 4.69. The summed E-state index contributed by atoms with van der Waals surface area (Å²) >= 11 is 4.75. The summed E-state index contributed by atoms with van der Waals surface area (Å²) in [6.45, 7) is 4.13. The quantitative estimate of drug-likeness (QED) is 0.434. The topological polar surface area (TPSA) is 32.7 Å². The summed E-state index contributed by atoms with van der Waals surface area (Å²) in [6.07, 6.45) is 2.47. The first-order valence-corrected chi connectivity index (χ1v) is 7.69. The molecule has 0 saturated carbocycles. The minimum absolute atomic E-state index is 0.818. The minimum atomic E-state index is 0.818. The average molecular weight is 310 g/mol. The van der Waals surface area contributed by atoms with Crippen LogP contribution in [0.25, 0.3) is 0 Å². The van der Waals surface area contributed by atoms with Crippen LogP contribution in [0, 0.1) is 0 Å². The van der Waals surface area contributed by atoms with E-state index in [0.29, 0.717) is 0 Å². The lowest BCUT2D eigenvalue weighted by Gasteiger charge is -2.20. The van der Waals surface area contributed by atoms with Crippen molar-refractivity contribution in [2.75, 3.05) is 4.90 Å². The number of para-hydroxylation sites is 1. The minimum Gasteiger partial charge on any atom is -0.284 e. The van der Waals surface area contributed by atoms with Crippen LogP contribution in [0.5, 0.6) is 0 Å². The molecule has 0 bridgehead atoms. The zero-order valence-electron chi connectivity index (χ0n) is 12.7. The van der Waals surface area contributed by atoms with E-state index in [1.165, 1.54) is 0 Å². The standard InChI is InChI=1S/C18H18N2OS/c1-3-14-10-17(11-15(4-2)18(14)19-12-22)20(13-21)16-8-6-5-7-9-16/h5-11,13H,3-4H2,1-2H3. The van der Waals surface area contributed by atoms with Crippen molar-refractivity contribution in [1.82, 2.24) is 0 Å². The fraction of sp³-hybridized carbons (Fsp3) is 0.222. The molecule has 0 aliphatic carbocycles. The van der Waals surface area contributed by atoms with Crippen LogP contribution >= 0.6 is 12.2 Å². The molecule has 0 spiro atoms. The van der Waals surface area contributed by atoms with Gasteiger partial charge in [0.1, 0.15) is 0 Å². The van der Waals surface area contributed by atoms with E-state index in [4.69, 9.17) is 12.2 Å². The van der Waals surface area contributed by atoms with Gasteiger partial charge in [-0.15, -0.1) is 0 Å². The van der Waals surface area contributed by atoms with Gasteiger partial charge in [0.05, 0.1) is 10.8 Å². The number of amides is 1. The summed E-state index contributed by atoms with van der Waals surface area (Å²) in [6, 6.07) is 13.6. The number of anilines is 2. The molecule has 1 amide bonds. The van der Waals surface area contributed by atoms with Crippen LogP contribution in [0.15, 0.2) is 47.5 Å². The summed E-state index contributed by atoms with van der Waals surface area (Å²) < 4.78 is 0. The van der Waals surface area contributed by atoms with E-state index in [9.17, 15) is 4.79 Å². The van der Waals surface area contributed by atoms with Crippen LogP contribution in [-0.4, -0.2) is 11.6 Å². The number of benzene rings is 2. The molecule has 22 heavy (non-hydrogen) atoms. The van der Waals surface area contributed by atoms with Crippen molar-refractivity contribution in [3.63, 3.8) is 0 Å². The summed E-state index contributed by atoms with van der Waals surface area (Å²) in [5.74, 6) is 0. The van der Waals surface area contributed by atoms with Gasteiger partial charge in [0.25, 0.3) is 0 Å². The van der Waals surface area contributed by atoms with Crippen LogP contribution in [0.4, 0.5) is 17.1 Å². The SMILES string of the molecule is CCc1cc(N(C=O)c2ccccc2)cc(CC)c1N=C=S. The predicted molar refractivity (Wildman–Crippen MR) is 94.5 cm³/mol. The highest BCUT2D eigenvalue weighted by molar-refractivity contribution is 7.78. The molecule has 4 heteroatoms. The van der Waals surface area contributed by atoms with E-state index >= 15 is 0 Å². The fourth-order valence-electron chi connectivity index (χ4n) is 2.47. The Morgan fingerprint density at radius 1 is 1.09 bits per heavy atom. The number of hydrogen-bond acceptors (Lipinski definition) is 3. The molecule has 3 nitrogen and oxygen atoms in total. The molecule has 2 aromatic carbocycles. The zero-order valence-corrected chi connectivity index (χ0v) is 13.6. The zero-order chi connectivity index (χ0) is 15.9. The third kappa shape index (κ3) is 3.30. The Morgan fingerprint density at radius 3 is 2.14 bits per heavy atom. The van der Waals surface area contributed by atoms with Crippen LogP contribution < -0.4 is 4.90 Å². The molecule has 0 N–H and O–H groups in total. The fourth-order valence-corrected chi connectivity index (χ4v) is 2.56. The molecule has 0 aromatic heterocycles. The maximum absolute atomic E-state index is 11.6. The van der Waals surface area contributed by atoms with Crippen molar-refractivity contribution in [3.05, 3.63) is 53.6 Å². The molecule has 0 saturated heterocycles. The largest absolute Gasteiger partial charge is 0.284 e. The van der Waals surface area contributed by atoms with Crippen molar-refractivity contribution < 1.29 is 4.79 Å². The highest BCUT2D eigenvalue weighted by atomic mass is 32.1. The average Bonchev–Trinajstić information content (AvgIpc) is 2.57. The van der Waals surface area contributed by atoms with Crippen LogP contribution in [-0.2, 0) is 17.6 Å². The Kier molecular flexibility index (Phi) is 5.59. The second-order valence-corrected chi connectivity index (χ2v) is 5.02. The van der Waals surface area contributed by atoms with Crippen LogP contribution in [0.3, 0.4) is 0 Å². The highest BCUT2D eigenvalue weighted by Crippen LogP contribution is 2.33. The predicted octanol–water partition coefficient (Wildman–Crippen LogP) is 4.84. The van der Waals surface area contributed by atoms with Gasteiger partial charge in [-0.2, -0.15) is 4.99 Å². The lowest BCUT2D eigenvalue weighted by Crippen LogP contribution is -2.14. The number of aliphatic imine (C=N–C) groups is 1. The number of carbonyl (C=O) groups is 1. The Hall–Kier alpha value is -2.29. The molecular formula is C18H18N2OS. The van der Waals surface area contributed by atoms with Gasteiger partial charge in [0, 0.05) is 11.4 Å². The van der Waals surface area contributed by atoms with Gasteiger partial charge in [-0.1, -0.05) is 32.0 Å². The molecule has 2 aromatic rings. The molecule has 0 aliphatic rings. The van der Waals surface area contributed by atoms with Gasteiger partial charge in [-0.05, 0) is 60.5 Å². The second kappa shape index (κ2) is 7.64. The number of thiocarbonyl (C=S) groups is 1. The van der Waals surface area contributed by atoms with Crippen molar-refractivity contribution in [1.29, 1.82) is 0 Å². The smallest absolute Gasteiger partial charge is 0.218 e. The summed E-state index contributed by atoms with van der Waals surface area (Å²) in [5, 5.41) is 2.45. The Labute approximate surface area is 136 Å². The van der Waals surface area contributed by atoms with Crippen molar-refractivity contribution in [2.24, 2.45) is 4.99 Å². The van der Waals surface area contributed by atoms with E-state index < -0.39 is 0 Å². The van der Waals surface area contributed by atoms with Crippen molar-refractivity contribution in [2.45, 2.75) is 26.7 Å². The third-order valence-corrected chi connectivity index (χ3v) is 3.68. The molecule has 0 heterocycles. The summed E-state index contributed by atoms with van der Waals surface area (Å²) in [4.78, 5) is 17.4. The molecule has 0 unspecified atom stereocenters. The first-order valence-electron chi connectivity index (χ1n) is 7.28. The Morgan fingerprint density at radius 2 is 1.68 bits per heavy atom. The second-order valence-electron chi connectivity index (χ2n) is 4.83. The van der Waals surface area contributed by atoms with E-state index in [0.717, 1.165) is 47.4 Å². The van der Waals surface area contributed by atoms with Crippen LogP contribution in [0.1, 0.15) is 25.0 Å². The number of nitrogens with zero attached hydrogens (tertiary/aromatic N) is 2. The molecule has 0 atom stereocenters. The first-order chi connectivity index (χ1) is 10.7. The third-order valence-electron chi connectivity index (χ3n) is 3.59. The van der Waals surface area contributed by atoms with Gasteiger partial charge in [-0.3, -0.25) is 9.69 Å². The molecule has 112 valence electrons. The normalized spacial score (nSPS) is 9.91. The molecule has 0 aliphatic heterocycles. The van der Waals surface area contributed by atoms with Gasteiger partial charge in [-0.25, -0.2) is 0 Å². The van der Waals surface area contributed by atoms with E-state index in [-0.39, 0.29) is 0 Å². The van der Waals surface area contributed by atoms with E-state index in [1.54, 1.807) is 4.90 Å². The van der Waals surface area contributed by atoms with Gasteiger partial charge in [0.2, 0.25) is 6.41 Å². The number of aryl methyl sites for hydroxylation is 2. The van der Waals surface area contributed by atoms with Crippen molar-refractivity contribution >= 4 is 40.9 Å². The van der Waals surface area contributed by atoms with Gasteiger partial charge < -0.3 is 0 Å².